The number of carbonyl (C=O) groups excluding carboxylic acids is 1. The van der Waals surface area contributed by atoms with Crippen LogP contribution in [0.5, 0.6) is 5.75 Å². The predicted octanol–water partition coefficient (Wildman–Crippen LogP) is 2.84. The van der Waals surface area contributed by atoms with Crippen LogP contribution in [0.25, 0.3) is 16.9 Å². The van der Waals surface area contributed by atoms with Gasteiger partial charge in [0.2, 0.25) is 5.91 Å². The highest BCUT2D eigenvalue weighted by atomic mass is 16.5. The van der Waals surface area contributed by atoms with Gasteiger partial charge in [-0.1, -0.05) is 30.9 Å². The second-order valence-corrected chi connectivity index (χ2v) is 8.63. The number of ether oxygens (including phenoxy) is 1. The number of anilines is 1. The first-order valence-electron chi connectivity index (χ1n) is 11.5. The van der Waals surface area contributed by atoms with Gasteiger partial charge in [-0.2, -0.15) is 4.68 Å². The number of piperazine rings is 1. The molecule has 1 aliphatic heterocycles. The molecule has 1 saturated carbocycles. The van der Waals surface area contributed by atoms with E-state index in [9.17, 15) is 4.79 Å². The molecule has 168 valence electrons. The summed E-state index contributed by atoms with van der Waals surface area (Å²) in [7, 11) is 1.64. The monoisotopic (exact) mass is 435 g/mol. The van der Waals surface area contributed by atoms with E-state index in [1.165, 1.54) is 25.7 Å². The third kappa shape index (κ3) is 4.11. The van der Waals surface area contributed by atoms with E-state index in [1.54, 1.807) is 18.1 Å². The summed E-state index contributed by atoms with van der Waals surface area (Å²) >= 11 is 0. The van der Waals surface area contributed by atoms with Crippen molar-refractivity contribution in [2.45, 2.75) is 38.5 Å². The third-order valence-corrected chi connectivity index (χ3v) is 6.71. The molecular weight excluding hydrogens is 406 g/mol. The SMILES string of the molecule is COc1ccc(-n2nnc3c(N4CCN(C(=O)CCC5CCCC5)CC4)ncnc32)cc1. The lowest BCUT2D eigenvalue weighted by Crippen LogP contribution is -2.49. The van der Waals surface area contributed by atoms with Crippen molar-refractivity contribution in [3.05, 3.63) is 30.6 Å². The third-order valence-electron chi connectivity index (χ3n) is 6.71. The molecular formula is C23H29N7O2. The van der Waals surface area contributed by atoms with Crippen LogP contribution in [0.15, 0.2) is 30.6 Å². The number of hydrogen-bond donors (Lipinski definition) is 0. The smallest absolute Gasteiger partial charge is 0.222 e. The summed E-state index contributed by atoms with van der Waals surface area (Å²) in [6.07, 6.45) is 8.52. The number of benzene rings is 1. The molecule has 1 saturated heterocycles. The second-order valence-electron chi connectivity index (χ2n) is 8.63. The zero-order chi connectivity index (χ0) is 21.9. The summed E-state index contributed by atoms with van der Waals surface area (Å²) in [5.74, 6) is 2.59. The van der Waals surface area contributed by atoms with Crippen LogP contribution in [-0.4, -0.2) is 69.1 Å². The van der Waals surface area contributed by atoms with Gasteiger partial charge in [0, 0.05) is 32.6 Å². The fourth-order valence-electron chi connectivity index (χ4n) is 4.82. The predicted molar refractivity (Wildman–Crippen MR) is 121 cm³/mol. The lowest BCUT2D eigenvalue weighted by molar-refractivity contribution is -0.131. The van der Waals surface area contributed by atoms with E-state index < -0.39 is 0 Å². The number of carbonyl (C=O) groups is 1. The van der Waals surface area contributed by atoms with E-state index in [1.807, 2.05) is 29.2 Å². The topological polar surface area (TPSA) is 89.3 Å². The van der Waals surface area contributed by atoms with E-state index in [-0.39, 0.29) is 5.91 Å². The van der Waals surface area contributed by atoms with Crippen LogP contribution in [0.4, 0.5) is 5.82 Å². The van der Waals surface area contributed by atoms with Gasteiger partial charge in [0.25, 0.3) is 0 Å². The van der Waals surface area contributed by atoms with Gasteiger partial charge in [-0.25, -0.2) is 9.97 Å². The first kappa shape index (κ1) is 20.7. The average molecular weight is 436 g/mol. The molecule has 0 atom stereocenters. The maximum atomic E-state index is 12.7. The molecule has 2 fully saturated rings. The number of nitrogens with zero attached hydrogens (tertiary/aromatic N) is 7. The highest BCUT2D eigenvalue weighted by molar-refractivity contribution is 5.84. The molecule has 0 N–H and O–H groups in total. The molecule has 2 aliphatic rings. The summed E-state index contributed by atoms with van der Waals surface area (Å²) in [5.41, 5.74) is 2.19. The van der Waals surface area contributed by atoms with Crippen molar-refractivity contribution in [3.8, 4) is 11.4 Å². The van der Waals surface area contributed by atoms with Gasteiger partial charge in [-0.3, -0.25) is 4.79 Å². The number of aromatic nitrogens is 5. The normalized spacial score (nSPS) is 17.3. The molecule has 2 aromatic heterocycles. The molecule has 9 heteroatoms. The van der Waals surface area contributed by atoms with Crippen LogP contribution in [0.2, 0.25) is 0 Å². The number of amides is 1. The Balaban J connectivity index is 1.26. The van der Waals surface area contributed by atoms with Gasteiger partial charge in [0.05, 0.1) is 12.8 Å². The molecule has 0 bridgehead atoms. The lowest BCUT2D eigenvalue weighted by atomic mass is 10.0. The maximum Gasteiger partial charge on any atom is 0.222 e. The summed E-state index contributed by atoms with van der Waals surface area (Å²) in [6.45, 7) is 2.89. The van der Waals surface area contributed by atoms with Crippen molar-refractivity contribution in [2.75, 3.05) is 38.2 Å². The molecule has 5 rings (SSSR count). The Hall–Kier alpha value is -3.23. The van der Waals surface area contributed by atoms with Crippen molar-refractivity contribution in [1.29, 1.82) is 0 Å². The quantitative estimate of drug-likeness (QED) is 0.588. The summed E-state index contributed by atoms with van der Waals surface area (Å²) < 4.78 is 6.94. The minimum Gasteiger partial charge on any atom is -0.497 e. The fourth-order valence-corrected chi connectivity index (χ4v) is 4.82. The second kappa shape index (κ2) is 9.10. The van der Waals surface area contributed by atoms with Crippen molar-refractivity contribution in [3.63, 3.8) is 0 Å². The van der Waals surface area contributed by atoms with Gasteiger partial charge >= 0.3 is 0 Å². The zero-order valence-electron chi connectivity index (χ0n) is 18.5. The Morgan fingerprint density at radius 2 is 1.81 bits per heavy atom. The van der Waals surface area contributed by atoms with Gasteiger partial charge in [0.1, 0.15) is 12.1 Å². The molecule has 0 radical (unpaired) electrons. The van der Waals surface area contributed by atoms with E-state index in [0.29, 0.717) is 30.7 Å². The summed E-state index contributed by atoms with van der Waals surface area (Å²) in [6, 6.07) is 7.61. The molecule has 0 unspecified atom stereocenters. The highest BCUT2D eigenvalue weighted by Gasteiger charge is 2.25. The lowest BCUT2D eigenvalue weighted by Gasteiger charge is -2.35. The zero-order valence-corrected chi connectivity index (χ0v) is 18.5. The Morgan fingerprint density at radius 3 is 2.53 bits per heavy atom. The minimum absolute atomic E-state index is 0.287. The standard InChI is InChI=1S/C23H29N7O2/c1-32-19-9-7-18(8-10-19)30-23-21(26-27-30)22(24-16-25-23)29-14-12-28(13-15-29)20(31)11-6-17-4-2-3-5-17/h7-10,16-17H,2-6,11-15H2,1H3. The molecule has 0 spiro atoms. The molecule has 9 nitrogen and oxygen atoms in total. The average Bonchev–Trinajstić information content (AvgIpc) is 3.53. The number of hydrogen-bond acceptors (Lipinski definition) is 7. The largest absolute Gasteiger partial charge is 0.497 e. The van der Waals surface area contributed by atoms with Crippen molar-refractivity contribution >= 4 is 22.9 Å². The van der Waals surface area contributed by atoms with Crippen molar-refractivity contribution < 1.29 is 9.53 Å². The Labute approximate surface area is 187 Å². The number of methoxy groups -OCH3 is 1. The van der Waals surface area contributed by atoms with E-state index in [2.05, 4.69) is 25.2 Å². The molecule has 1 amide bonds. The van der Waals surface area contributed by atoms with Crippen LogP contribution in [0.3, 0.4) is 0 Å². The minimum atomic E-state index is 0.287. The fraction of sp³-hybridized carbons (Fsp3) is 0.522. The Bertz CT molecular complexity index is 1070. The van der Waals surface area contributed by atoms with E-state index in [4.69, 9.17) is 4.74 Å². The van der Waals surface area contributed by atoms with Crippen LogP contribution in [0, 0.1) is 5.92 Å². The van der Waals surface area contributed by atoms with E-state index >= 15 is 0 Å². The maximum absolute atomic E-state index is 12.7. The van der Waals surface area contributed by atoms with Gasteiger partial charge in [0.15, 0.2) is 17.0 Å². The summed E-state index contributed by atoms with van der Waals surface area (Å²) in [5, 5.41) is 8.69. The first-order valence-corrected chi connectivity index (χ1v) is 11.5. The molecule has 1 aliphatic carbocycles. The first-order chi connectivity index (χ1) is 15.7. The van der Waals surface area contributed by atoms with Crippen molar-refractivity contribution in [1.82, 2.24) is 29.9 Å². The number of fused-ring (bicyclic) bond motifs is 1. The van der Waals surface area contributed by atoms with Gasteiger partial charge in [-0.15, -0.1) is 5.10 Å². The molecule has 3 heterocycles. The summed E-state index contributed by atoms with van der Waals surface area (Å²) in [4.78, 5) is 25.8. The Morgan fingerprint density at radius 1 is 1.06 bits per heavy atom. The number of rotatable bonds is 6. The van der Waals surface area contributed by atoms with Crippen LogP contribution >= 0.6 is 0 Å². The molecule has 3 aromatic rings. The highest BCUT2D eigenvalue weighted by Crippen LogP contribution is 2.29. The molecule has 32 heavy (non-hydrogen) atoms. The van der Waals surface area contributed by atoms with Crippen LogP contribution in [0.1, 0.15) is 38.5 Å². The van der Waals surface area contributed by atoms with Crippen molar-refractivity contribution in [2.24, 2.45) is 5.92 Å². The van der Waals surface area contributed by atoms with E-state index in [0.717, 1.165) is 42.7 Å². The van der Waals surface area contributed by atoms with Crippen LogP contribution < -0.4 is 9.64 Å². The molecule has 1 aromatic carbocycles. The van der Waals surface area contributed by atoms with Crippen LogP contribution in [-0.2, 0) is 4.79 Å². The van der Waals surface area contributed by atoms with Gasteiger partial charge in [-0.05, 0) is 36.6 Å². The van der Waals surface area contributed by atoms with Gasteiger partial charge < -0.3 is 14.5 Å². The Kier molecular flexibility index (Phi) is 5.87.